The summed E-state index contributed by atoms with van der Waals surface area (Å²) < 4.78 is 34.1. The van der Waals surface area contributed by atoms with Gasteiger partial charge in [0.25, 0.3) is 0 Å². The molecule has 15 nitrogen and oxygen atoms in total. The van der Waals surface area contributed by atoms with Gasteiger partial charge in [0.15, 0.2) is 0 Å². The number of hydrogen-bond acceptors (Lipinski definition) is 11. The molecule has 0 aliphatic carbocycles. The molecule has 0 heterocycles. The van der Waals surface area contributed by atoms with Crippen molar-refractivity contribution in [2.24, 2.45) is 0 Å². The zero-order chi connectivity index (χ0) is 22.2. The van der Waals surface area contributed by atoms with Crippen molar-refractivity contribution in [2.75, 3.05) is 39.3 Å². The summed E-state index contributed by atoms with van der Waals surface area (Å²) in [7, 11) is -5.17. The molecule has 17 heteroatoms. The van der Waals surface area contributed by atoms with Crippen LogP contribution in [-0.4, -0.2) is 118 Å². The largest absolute Gasteiger partial charge is 2.00 e. The van der Waals surface area contributed by atoms with Gasteiger partial charge in [-0.2, -0.15) is 0 Å². The van der Waals surface area contributed by atoms with Gasteiger partial charge in [0, 0.05) is 23.5 Å². The molecule has 0 aromatic heterocycles. The van der Waals surface area contributed by atoms with Gasteiger partial charge < -0.3 is 34.3 Å². The summed E-state index contributed by atoms with van der Waals surface area (Å²) in [5.74, 6) is -4.91. The van der Waals surface area contributed by atoms with Crippen LogP contribution in [0.4, 0.5) is 0 Å². The van der Waals surface area contributed by atoms with Gasteiger partial charge in [-0.3, -0.25) is 37.4 Å². The minimum atomic E-state index is -5.17. The number of carbonyl (C=O) groups excluding carboxylic acids is 1. The van der Waals surface area contributed by atoms with Gasteiger partial charge in [0.1, 0.15) is 6.79 Å². The molecule has 1 radical (unpaired) electrons. The van der Waals surface area contributed by atoms with Gasteiger partial charge >= 0.3 is 40.9 Å². The Morgan fingerprint density at radius 2 is 0.821 bits per heavy atom. The fourth-order valence-corrected chi connectivity index (χ4v) is 1.48. The number of carboxylic acids is 4. The van der Waals surface area contributed by atoms with Crippen molar-refractivity contribution in [3.63, 3.8) is 0 Å². The number of hydrogen-bond donors (Lipinski definition) is 4. The monoisotopic (exact) mass is 481 g/mol. The first-order valence-electron chi connectivity index (χ1n) is 6.48. The predicted octanol–water partition coefficient (Wildman–Crippen LogP) is -3.60. The van der Waals surface area contributed by atoms with E-state index in [4.69, 9.17) is 42.7 Å². The smallest absolute Gasteiger partial charge is 0.759 e. The van der Waals surface area contributed by atoms with Crippen molar-refractivity contribution in [3.8, 4) is 0 Å². The molecule has 0 aliphatic heterocycles. The first kappa shape index (κ1) is 33.4. The summed E-state index contributed by atoms with van der Waals surface area (Å²) in [5.41, 5.74) is 0. The topological polar surface area (TPSA) is 253 Å². The van der Waals surface area contributed by atoms with Gasteiger partial charge in [-0.15, -0.1) is 0 Å². The van der Waals surface area contributed by atoms with E-state index in [9.17, 15) is 19.2 Å². The minimum absolute atomic E-state index is 0. The predicted molar refractivity (Wildman–Crippen MR) is 81.0 cm³/mol. The first-order valence-corrected chi connectivity index (χ1v) is 7.81. The Morgan fingerprint density at radius 1 is 0.679 bits per heavy atom. The van der Waals surface area contributed by atoms with Crippen LogP contribution in [0.15, 0.2) is 0 Å². The molecule has 0 aromatic carbocycles. The van der Waals surface area contributed by atoms with Crippen molar-refractivity contribution in [1.82, 2.24) is 9.80 Å². The standard InChI is InChI=1S/C10H16N2O8.CH2O.Cu.H2O4S/c13-7(14)3-11(4-8(15)16)1-2-12(5-9(17)18)6-10(19)20;1-2;;1-5(2,3)4/h1-6H2,(H,13,14)(H,15,16)(H,17,18)(H,19,20);1H2;;(H2,1,2,3,4)/q;;+2;/p-2. The number of carboxylic acid groups (broad SMARTS) is 4. The summed E-state index contributed by atoms with van der Waals surface area (Å²) in [6.07, 6.45) is 0. The fourth-order valence-electron chi connectivity index (χ4n) is 1.48. The molecular formula is C11H18CuN2O13S. The third-order valence-electron chi connectivity index (χ3n) is 2.17. The van der Waals surface area contributed by atoms with Gasteiger partial charge in [0.2, 0.25) is 0 Å². The maximum atomic E-state index is 10.6. The maximum Gasteiger partial charge on any atom is 2.00 e. The second-order valence-electron chi connectivity index (χ2n) is 4.40. The van der Waals surface area contributed by atoms with Crippen LogP contribution in [0.2, 0.25) is 0 Å². The van der Waals surface area contributed by atoms with Crippen LogP contribution in [0.5, 0.6) is 0 Å². The van der Waals surface area contributed by atoms with Gasteiger partial charge in [-0.1, -0.05) is 0 Å². The Balaban J connectivity index is -0.000000310. The fraction of sp³-hybridized carbons (Fsp3) is 0.545. The van der Waals surface area contributed by atoms with Gasteiger partial charge in [-0.25, -0.2) is 0 Å². The van der Waals surface area contributed by atoms with E-state index in [-0.39, 0.29) is 30.2 Å². The summed E-state index contributed by atoms with van der Waals surface area (Å²) in [6, 6.07) is 0. The molecule has 0 bridgehead atoms. The molecule has 0 rings (SSSR count). The van der Waals surface area contributed by atoms with Crippen molar-refractivity contribution >= 4 is 41.1 Å². The average Bonchev–Trinajstić information content (AvgIpc) is 2.42. The molecule has 0 amide bonds. The molecule has 0 atom stereocenters. The van der Waals surface area contributed by atoms with Crippen LogP contribution >= 0.6 is 0 Å². The Kier molecular flexibility index (Phi) is 21.8. The maximum absolute atomic E-state index is 10.6. The van der Waals surface area contributed by atoms with E-state index in [1.807, 2.05) is 6.79 Å². The number of carbonyl (C=O) groups is 5. The molecule has 0 fully saturated rings. The van der Waals surface area contributed by atoms with Crippen molar-refractivity contribution in [3.05, 3.63) is 0 Å². The minimum Gasteiger partial charge on any atom is -0.759 e. The number of nitrogens with zero attached hydrogens (tertiary/aromatic N) is 2. The zero-order valence-corrected chi connectivity index (χ0v) is 15.8. The first-order chi connectivity index (χ1) is 12.2. The average molecular weight is 482 g/mol. The molecule has 0 unspecified atom stereocenters. The van der Waals surface area contributed by atoms with Gasteiger partial charge in [0.05, 0.1) is 26.2 Å². The SMILES string of the molecule is C=O.O=C(O)CN(CCN(CC(=O)O)CC(=O)O)CC(=O)O.O=S(=O)([O-])[O-].[Cu+2]. The van der Waals surface area contributed by atoms with Crippen molar-refractivity contribution < 1.29 is 79.0 Å². The zero-order valence-electron chi connectivity index (χ0n) is 14.0. The molecule has 0 aromatic rings. The van der Waals surface area contributed by atoms with Crippen LogP contribution in [-0.2, 0) is 51.4 Å². The quantitative estimate of drug-likeness (QED) is 0.126. The van der Waals surface area contributed by atoms with Crippen LogP contribution in [0, 0.1) is 0 Å². The summed E-state index contributed by atoms with van der Waals surface area (Å²) in [6.45, 7) is -0.251. The van der Waals surface area contributed by atoms with Crippen LogP contribution < -0.4 is 0 Å². The molecule has 0 saturated heterocycles. The van der Waals surface area contributed by atoms with Crippen LogP contribution in [0.25, 0.3) is 0 Å². The summed E-state index contributed by atoms with van der Waals surface area (Å²) >= 11 is 0. The Morgan fingerprint density at radius 3 is 0.929 bits per heavy atom. The van der Waals surface area contributed by atoms with Crippen LogP contribution in [0.1, 0.15) is 0 Å². The van der Waals surface area contributed by atoms with Crippen LogP contribution in [0.3, 0.4) is 0 Å². The second-order valence-corrected chi connectivity index (χ2v) is 5.22. The summed E-state index contributed by atoms with van der Waals surface area (Å²) in [5, 5.41) is 34.5. The van der Waals surface area contributed by atoms with E-state index in [1.54, 1.807) is 0 Å². The number of rotatable bonds is 11. The van der Waals surface area contributed by atoms with Crippen molar-refractivity contribution in [1.29, 1.82) is 0 Å². The van der Waals surface area contributed by atoms with E-state index in [0.717, 1.165) is 9.80 Å². The van der Waals surface area contributed by atoms with E-state index < -0.39 is 60.5 Å². The molecule has 0 aliphatic rings. The van der Waals surface area contributed by atoms with E-state index >= 15 is 0 Å². The molecular weight excluding hydrogens is 464 g/mol. The Hall–Kier alpha value is -2.14. The molecule has 167 valence electrons. The molecule has 0 saturated carbocycles. The Labute approximate surface area is 169 Å². The molecule has 4 N–H and O–H groups in total. The number of aliphatic carboxylic acids is 4. The van der Waals surface area contributed by atoms with E-state index in [2.05, 4.69) is 0 Å². The molecule has 28 heavy (non-hydrogen) atoms. The van der Waals surface area contributed by atoms with E-state index in [1.165, 1.54) is 0 Å². The second kappa shape index (κ2) is 18.2. The Bertz CT molecular complexity index is 521. The molecule has 0 spiro atoms. The summed E-state index contributed by atoms with van der Waals surface area (Å²) in [4.78, 5) is 52.4. The third-order valence-corrected chi connectivity index (χ3v) is 2.17. The van der Waals surface area contributed by atoms with E-state index in [0.29, 0.717) is 0 Å². The third kappa shape index (κ3) is 35.1. The van der Waals surface area contributed by atoms with Gasteiger partial charge in [-0.05, 0) is 0 Å². The normalized spacial score (nSPS) is 9.86. The van der Waals surface area contributed by atoms with Crippen molar-refractivity contribution in [2.45, 2.75) is 0 Å².